The first-order valence-electron chi connectivity index (χ1n) is 11.2. The Bertz CT molecular complexity index is 838. The van der Waals surface area contributed by atoms with Crippen LogP contribution in [0.4, 0.5) is 0 Å². The van der Waals surface area contributed by atoms with E-state index in [9.17, 15) is 0 Å². The summed E-state index contributed by atoms with van der Waals surface area (Å²) in [4.78, 5) is 0. The first kappa shape index (κ1) is 23.4. The van der Waals surface area contributed by atoms with Crippen LogP contribution in [0.5, 0.6) is 17.2 Å². The highest BCUT2D eigenvalue weighted by Gasteiger charge is 2.43. The van der Waals surface area contributed by atoms with Crippen LogP contribution >= 0.6 is 0 Å². The molecule has 31 heavy (non-hydrogen) atoms. The summed E-state index contributed by atoms with van der Waals surface area (Å²) in [5.41, 5.74) is 2.58. The molecule has 5 nitrogen and oxygen atoms in total. The monoisotopic (exact) mass is 427 g/mol. The predicted molar refractivity (Wildman–Crippen MR) is 124 cm³/mol. The van der Waals surface area contributed by atoms with Crippen molar-refractivity contribution in [2.45, 2.75) is 57.1 Å². The summed E-state index contributed by atoms with van der Waals surface area (Å²) in [6, 6.07) is 14.7. The number of hydrogen-bond donors (Lipinski definition) is 1. The van der Waals surface area contributed by atoms with Gasteiger partial charge in [-0.1, -0.05) is 25.1 Å². The van der Waals surface area contributed by atoms with Crippen molar-refractivity contribution >= 4 is 0 Å². The minimum atomic E-state index is -0.0818. The van der Waals surface area contributed by atoms with E-state index >= 15 is 0 Å². The highest BCUT2D eigenvalue weighted by molar-refractivity contribution is 5.42. The zero-order chi connectivity index (χ0) is 22.3. The molecular weight excluding hydrogens is 390 g/mol. The smallest absolute Gasteiger partial charge is 0.161 e. The van der Waals surface area contributed by atoms with Crippen molar-refractivity contribution in [1.82, 2.24) is 5.32 Å². The lowest BCUT2D eigenvalue weighted by Gasteiger charge is -2.47. The van der Waals surface area contributed by atoms with Crippen molar-refractivity contribution in [2.24, 2.45) is 0 Å². The Balaban J connectivity index is 1.70. The van der Waals surface area contributed by atoms with Crippen molar-refractivity contribution in [1.29, 1.82) is 0 Å². The molecule has 0 aromatic heterocycles. The van der Waals surface area contributed by atoms with Gasteiger partial charge >= 0.3 is 0 Å². The summed E-state index contributed by atoms with van der Waals surface area (Å²) < 4.78 is 22.3. The lowest BCUT2D eigenvalue weighted by atomic mass is 9.66. The molecule has 0 aliphatic carbocycles. The Morgan fingerprint density at radius 1 is 0.968 bits per heavy atom. The van der Waals surface area contributed by atoms with E-state index in [1.807, 2.05) is 12.1 Å². The van der Waals surface area contributed by atoms with Crippen molar-refractivity contribution in [3.63, 3.8) is 0 Å². The third kappa shape index (κ3) is 5.52. The molecule has 2 aromatic carbocycles. The molecule has 0 amide bonds. The molecule has 5 heteroatoms. The van der Waals surface area contributed by atoms with E-state index in [1.54, 1.807) is 21.3 Å². The molecule has 2 aromatic rings. The van der Waals surface area contributed by atoms with Gasteiger partial charge in [-0.15, -0.1) is 0 Å². The Labute approximate surface area is 187 Å². The average Bonchev–Trinajstić information content (AvgIpc) is 2.81. The van der Waals surface area contributed by atoms with Crippen molar-refractivity contribution in [3.8, 4) is 17.2 Å². The lowest BCUT2D eigenvalue weighted by molar-refractivity contribution is -0.0979. The molecule has 0 spiro atoms. The fraction of sp³-hybridized carbons (Fsp3) is 0.538. The van der Waals surface area contributed by atoms with Crippen molar-refractivity contribution in [2.75, 3.05) is 34.5 Å². The zero-order valence-corrected chi connectivity index (χ0v) is 19.6. The standard InChI is InChI=1S/C26H37NO4/c1-6-25(2)19-26(14-16-31-25,21-8-10-22(28-3)11-9-21)13-15-27-18-20-7-12-23(29-4)24(17-20)30-5/h7-12,17,27H,6,13-16,18-19H2,1-5H3/t25-,26+/m1/s1. The fourth-order valence-corrected chi connectivity index (χ4v) is 4.67. The first-order valence-corrected chi connectivity index (χ1v) is 11.2. The molecular formula is C26H37NO4. The maximum absolute atomic E-state index is 6.19. The number of rotatable bonds is 10. The summed E-state index contributed by atoms with van der Waals surface area (Å²) >= 11 is 0. The molecule has 170 valence electrons. The fourth-order valence-electron chi connectivity index (χ4n) is 4.67. The van der Waals surface area contributed by atoms with Crippen molar-refractivity contribution < 1.29 is 18.9 Å². The Morgan fingerprint density at radius 2 is 1.71 bits per heavy atom. The molecule has 1 heterocycles. The van der Waals surface area contributed by atoms with Gasteiger partial charge in [-0.2, -0.15) is 0 Å². The second kappa shape index (κ2) is 10.4. The Morgan fingerprint density at radius 3 is 2.35 bits per heavy atom. The van der Waals surface area contributed by atoms with Crippen LogP contribution in [0.3, 0.4) is 0 Å². The molecule has 3 rings (SSSR count). The molecule has 2 atom stereocenters. The third-order valence-electron chi connectivity index (χ3n) is 6.75. The van der Waals surface area contributed by atoms with E-state index in [1.165, 1.54) is 11.1 Å². The molecule has 1 fully saturated rings. The molecule has 0 saturated carbocycles. The van der Waals surface area contributed by atoms with E-state index in [0.29, 0.717) is 0 Å². The molecule has 1 N–H and O–H groups in total. The molecule has 0 unspecified atom stereocenters. The second-order valence-electron chi connectivity index (χ2n) is 8.70. The van der Waals surface area contributed by atoms with E-state index in [4.69, 9.17) is 18.9 Å². The van der Waals surface area contributed by atoms with Gasteiger partial charge in [0.1, 0.15) is 5.75 Å². The molecule has 1 saturated heterocycles. The Kier molecular flexibility index (Phi) is 7.84. The van der Waals surface area contributed by atoms with Crippen LogP contribution in [-0.2, 0) is 16.7 Å². The summed E-state index contributed by atoms with van der Waals surface area (Å²) in [7, 11) is 5.04. The van der Waals surface area contributed by atoms with Crippen LogP contribution in [0.25, 0.3) is 0 Å². The SMILES string of the molecule is CC[C@]1(C)C[C@@](CCNCc2ccc(OC)c(OC)c2)(c2ccc(OC)cc2)CCO1. The van der Waals surface area contributed by atoms with Gasteiger partial charge in [0.05, 0.1) is 26.9 Å². The highest BCUT2D eigenvalue weighted by atomic mass is 16.5. The number of nitrogens with one attached hydrogen (secondary N) is 1. The highest BCUT2D eigenvalue weighted by Crippen LogP contribution is 2.45. The van der Waals surface area contributed by atoms with Gasteiger partial charge in [0.15, 0.2) is 11.5 Å². The number of ether oxygens (including phenoxy) is 4. The van der Waals surface area contributed by atoms with E-state index < -0.39 is 0 Å². The molecule has 0 radical (unpaired) electrons. The normalized spacial score (nSPS) is 23.4. The molecule has 0 bridgehead atoms. The van der Waals surface area contributed by atoms with E-state index in [-0.39, 0.29) is 11.0 Å². The summed E-state index contributed by atoms with van der Waals surface area (Å²) in [5.74, 6) is 2.42. The van der Waals surface area contributed by atoms with Gasteiger partial charge in [0, 0.05) is 18.6 Å². The number of hydrogen-bond acceptors (Lipinski definition) is 5. The Hall–Kier alpha value is -2.24. The van der Waals surface area contributed by atoms with Gasteiger partial charge in [-0.3, -0.25) is 0 Å². The largest absolute Gasteiger partial charge is 0.497 e. The van der Waals surface area contributed by atoms with Gasteiger partial charge in [0.25, 0.3) is 0 Å². The minimum Gasteiger partial charge on any atom is -0.497 e. The van der Waals surface area contributed by atoms with Crippen LogP contribution in [0.1, 0.15) is 50.7 Å². The topological polar surface area (TPSA) is 49.0 Å². The van der Waals surface area contributed by atoms with Crippen LogP contribution in [0, 0.1) is 0 Å². The second-order valence-corrected chi connectivity index (χ2v) is 8.70. The third-order valence-corrected chi connectivity index (χ3v) is 6.75. The van der Waals surface area contributed by atoms with Gasteiger partial charge < -0.3 is 24.3 Å². The maximum atomic E-state index is 6.19. The van der Waals surface area contributed by atoms with Crippen LogP contribution in [-0.4, -0.2) is 40.1 Å². The van der Waals surface area contributed by atoms with Crippen LogP contribution in [0.2, 0.25) is 0 Å². The van der Waals surface area contributed by atoms with E-state index in [0.717, 1.165) is 62.6 Å². The summed E-state index contributed by atoms with van der Waals surface area (Å²) in [5, 5.41) is 3.64. The average molecular weight is 428 g/mol. The zero-order valence-electron chi connectivity index (χ0n) is 19.6. The maximum Gasteiger partial charge on any atom is 0.161 e. The number of benzene rings is 2. The number of methoxy groups -OCH3 is 3. The van der Waals surface area contributed by atoms with Gasteiger partial charge in [-0.05, 0) is 74.5 Å². The minimum absolute atomic E-state index is 0.0818. The summed E-state index contributed by atoms with van der Waals surface area (Å²) in [6.45, 7) is 6.99. The lowest BCUT2D eigenvalue weighted by Crippen LogP contribution is -2.46. The van der Waals surface area contributed by atoms with Gasteiger partial charge in [0.2, 0.25) is 0 Å². The molecule has 1 aliphatic heterocycles. The van der Waals surface area contributed by atoms with Crippen molar-refractivity contribution in [3.05, 3.63) is 53.6 Å². The predicted octanol–water partition coefficient (Wildman–Crippen LogP) is 5.11. The van der Waals surface area contributed by atoms with Crippen LogP contribution in [0.15, 0.2) is 42.5 Å². The first-order chi connectivity index (χ1) is 15.0. The van der Waals surface area contributed by atoms with Crippen LogP contribution < -0.4 is 19.5 Å². The quantitative estimate of drug-likeness (QED) is 0.534. The van der Waals surface area contributed by atoms with E-state index in [2.05, 4.69) is 49.5 Å². The molecule has 1 aliphatic rings. The summed E-state index contributed by atoms with van der Waals surface area (Å²) in [6.07, 6.45) is 4.14. The van der Waals surface area contributed by atoms with Gasteiger partial charge in [-0.25, -0.2) is 0 Å².